The number of methoxy groups -OCH3 is 1. The summed E-state index contributed by atoms with van der Waals surface area (Å²) in [5, 5.41) is 0. The number of likely N-dealkylation sites (N-methyl/N-ethyl adjacent to an activating group) is 1. The molecule has 0 aromatic heterocycles. The maximum absolute atomic E-state index is 12.5. The molecule has 0 spiro atoms. The summed E-state index contributed by atoms with van der Waals surface area (Å²) in [7, 11) is 1.58. The number of thiocarbonyl (C=S) groups is 1. The van der Waals surface area contributed by atoms with E-state index < -0.39 is 0 Å². The Labute approximate surface area is 200 Å². The number of aryl methyl sites for hydroxylation is 2. The minimum absolute atomic E-state index is 0.0727. The molecule has 0 N–H and O–H groups in total. The van der Waals surface area contributed by atoms with Crippen LogP contribution >= 0.6 is 39.9 Å². The fourth-order valence-corrected chi connectivity index (χ4v) is 5.10. The first-order chi connectivity index (χ1) is 14.8. The van der Waals surface area contributed by atoms with E-state index in [0.717, 1.165) is 21.3 Å². The van der Waals surface area contributed by atoms with Crippen molar-refractivity contribution in [2.45, 2.75) is 20.8 Å². The van der Waals surface area contributed by atoms with Gasteiger partial charge in [0.05, 0.1) is 16.5 Å². The molecule has 1 saturated heterocycles. The number of hydrogen-bond acceptors (Lipinski definition) is 6. The third-order valence-electron chi connectivity index (χ3n) is 4.66. The summed E-state index contributed by atoms with van der Waals surface area (Å²) in [6.07, 6.45) is 1.81. The predicted molar refractivity (Wildman–Crippen MR) is 133 cm³/mol. The first-order valence-electron chi connectivity index (χ1n) is 9.79. The Balaban J connectivity index is 1.69. The average Bonchev–Trinajstić information content (AvgIpc) is 2.99. The zero-order valence-electron chi connectivity index (χ0n) is 17.9. The molecule has 0 radical (unpaired) electrons. The number of rotatable bonds is 8. The highest BCUT2D eigenvalue weighted by molar-refractivity contribution is 9.10. The van der Waals surface area contributed by atoms with Gasteiger partial charge >= 0.3 is 0 Å². The maximum Gasteiger partial charge on any atom is 0.266 e. The molecule has 8 heteroatoms. The number of hydrogen-bond donors (Lipinski definition) is 0. The van der Waals surface area contributed by atoms with Gasteiger partial charge < -0.3 is 14.2 Å². The lowest BCUT2D eigenvalue weighted by atomic mass is 10.1. The second kappa shape index (κ2) is 10.5. The normalized spacial score (nSPS) is 15.0. The van der Waals surface area contributed by atoms with Gasteiger partial charge in [0, 0.05) is 6.54 Å². The molecule has 1 heterocycles. The molecule has 2 aromatic rings. The number of halogens is 1. The summed E-state index contributed by atoms with van der Waals surface area (Å²) in [6, 6.07) is 9.81. The molecule has 31 heavy (non-hydrogen) atoms. The molecule has 0 aliphatic carbocycles. The van der Waals surface area contributed by atoms with E-state index in [-0.39, 0.29) is 5.91 Å². The van der Waals surface area contributed by atoms with Gasteiger partial charge in [-0.2, -0.15) is 0 Å². The van der Waals surface area contributed by atoms with E-state index in [1.54, 1.807) is 12.0 Å². The van der Waals surface area contributed by atoms with E-state index in [1.807, 2.05) is 44.2 Å². The van der Waals surface area contributed by atoms with Crippen molar-refractivity contribution < 1.29 is 19.0 Å². The molecule has 1 fully saturated rings. The predicted octanol–water partition coefficient (Wildman–Crippen LogP) is 5.75. The fourth-order valence-electron chi connectivity index (χ4n) is 3.14. The van der Waals surface area contributed by atoms with Crippen molar-refractivity contribution in [1.82, 2.24) is 4.90 Å². The lowest BCUT2D eigenvalue weighted by Gasteiger charge is -2.15. The Hall–Kier alpha value is -2.03. The summed E-state index contributed by atoms with van der Waals surface area (Å²) in [5.74, 6) is 1.93. The second-order valence-electron chi connectivity index (χ2n) is 6.93. The molecular weight excluding hydrogens is 498 g/mol. The molecule has 0 unspecified atom stereocenters. The Morgan fingerprint density at radius 3 is 2.52 bits per heavy atom. The smallest absolute Gasteiger partial charge is 0.266 e. The Morgan fingerprint density at radius 1 is 1.13 bits per heavy atom. The second-order valence-corrected chi connectivity index (χ2v) is 9.46. The van der Waals surface area contributed by atoms with Crippen LogP contribution in [-0.4, -0.2) is 42.0 Å². The Morgan fingerprint density at radius 2 is 1.87 bits per heavy atom. The Bertz CT molecular complexity index is 1040. The van der Waals surface area contributed by atoms with Gasteiger partial charge in [-0.05, 0) is 72.1 Å². The van der Waals surface area contributed by atoms with Crippen LogP contribution in [0.2, 0.25) is 0 Å². The third kappa shape index (κ3) is 5.61. The van der Waals surface area contributed by atoms with E-state index in [9.17, 15) is 4.79 Å². The molecule has 1 aliphatic heterocycles. The molecule has 0 bridgehead atoms. The van der Waals surface area contributed by atoms with E-state index in [4.69, 9.17) is 26.4 Å². The molecular formula is C23H24BrNO4S2. The molecule has 3 rings (SSSR count). The minimum Gasteiger partial charge on any atom is -0.493 e. The summed E-state index contributed by atoms with van der Waals surface area (Å²) in [4.78, 5) is 14.6. The molecule has 1 amide bonds. The van der Waals surface area contributed by atoms with Crippen molar-refractivity contribution in [3.63, 3.8) is 0 Å². The van der Waals surface area contributed by atoms with Gasteiger partial charge in [-0.25, -0.2) is 0 Å². The number of carbonyl (C=O) groups excluding carboxylic acids is 1. The first kappa shape index (κ1) is 23.6. The molecule has 0 atom stereocenters. The molecule has 1 aliphatic rings. The number of carbonyl (C=O) groups is 1. The van der Waals surface area contributed by atoms with Gasteiger partial charge in [0.1, 0.15) is 23.3 Å². The first-order valence-corrected chi connectivity index (χ1v) is 11.8. The van der Waals surface area contributed by atoms with Crippen molar-refractivity contribution in [3.8, 4) is 17.2 Å². The van der Waals surface area contributed by atoms with Crippen molar-refractivity contribution in [1.29, 1.82) is 0 Å². The van der Waals surface area contributed by atoms with Gasteiger partial charge in [-0.1, -0.05) is 41.7 Å². The van der Waals surface area contributed by atoms with Crippen molar-refractivity contribution >= 4 is 56.2 Å². The lowest BCUT2D eigenvalue weighted by Crippen LogP contribution is -2.27. The number of benzene rings is 2. The number of amides is 1. The van der Waals surface area contributed by atoms with Crippen LogP contribution in [0.3, 0.4) is 0 Å². The van der Waals surface area contributed by atoms with E-state index in [2.05, 4.69) is 28.9 Å². The van der Waals surface area contributed by atoms with Crippen LogP contribution < -0.4 is 14.2 Å². The highest BCUT2D eigenvalue weighted by Gasteiger charge is 2.30. The van der Waals surface area contributed by atoms with Crippen LogP contribution in [0.5, 0.6) is 17.2 Å². The fraction of sp³-hybridized carbons (Fsp3) is 0.304. The standard InChI is InChI=1S/C23H24BrNO4S2/c1-5-25-22(26)20(31-23(25)30)13-16-11-17(24)21(19(12-16)27-4)29-9-8-28-18-7-6-14(2)10-15(18)3/h6-7,10-13H,5,8-9H2,1-4H3/b20-13-. The summed E-state index contributed by atoms with van der Waals surface area (Å²) >= 11 is 10.1. The van der Waals surface area contributed by atoms with Gasteiger partial charge in [-0.15, -0.1) is 0 Å². The van der Waals surface area contributed by atoms with Crippen LogP contribution in [0.1, 0.15) is 23.6 Å². The zero-order valence-corrected chi connectivity index (χ0v) is 21.1. The summed E-state index contributed by atoms with van der Waals surface area (Å²) in [5.41, 5.74) is 3.11. The molecule has 2 aromatic carbocycles. The Kier molecular flexibility index (Phi) is 8.02. The molecule has 0 saturated carbocycles. The molecule has 164 valence electrons. The monoisotopic (exact) mass is 521 g/mol. The van der Waals surface area contributed by atoms with E-state index in [1.165, 1.54) is 17.3 Å². The highest BCUT2D eigenvalue weighted by atomic mass is 79.9. The number of thioether (sulfide) groups is 1. The minimum atomic E-state index is -0.0727. The van der Waals surface area contributed by atoms with Crippen LogP contribution in [0.25, 0.3) is 6.08 Å². The number of nitrogens with zero attached hydrogens (tertiary/aromatic N) is 1. The zero-order chi connectivity index (χ0) is 22.5. The topological polar surface area (TPSA) is 48.0 Å². The van der Waals surface area contributed by atoms with Crippen molar-refractivity contribution in [2.75, 3.05) is 26.9 Å². The van der Waals surface area contributed by atoms with Crippen LogP contribution in [0.15, 0.2) is 39.7 Å². The number of ether oxygens (including phenoxy) is 3. The largest absolute Gasteiger partial charge is 0.493 e. The highest BCUT2D eigenvalue weighted by Crippen LogP contribution is 2.39. The SMILES string of the molecule is CCN1C(=O)/C(=C/c2cc(Br)c(OCCOc3ccc(C)cc3C)c(OC)c2)SC1=S. The van der Waals surface area contributed by atoms with Gasteiger partial charge in [0.2, 0.25) is 0 Å². The maximum atomic E-state index is 12.5. The third-order valence-corrected chi connectivity index (χ3v) is 6.62. The van der Waals surface area contributed by atoms with E-state index >= 15 is 0 Å². The van der Waals surface area contributed by atoms with Gasteiger partial charge in [0.15, 0.2) is 11.5 Å². The van der Waals surface area contributed by atoms with Crippen molar-refractivity contribution in [2.24, 2.45) is 0 Å². The van der Waals surface area contributed by atoms with Crippen LogP contribution in [-0.2, 0) is 4.79 Å². The van der Waals surface area contributed by atoms with Gasteiger partial charge in [-0.3, -0.25) is 9.69 Å². The van der Waals surface area contributed by atoms with E-state index in [0.29, 0.717) is 40.5 Å². The summed E-state index contributed by atoms with van der Waals surface area (Å²) < 4.78 is 18.6. The quantitative estimate of drug-likeness (QED) is 0.250. The van der Waals surface area contributed by atoms with Crippen molar-refractivity contribution in [3.05, 3.63) is 56.4 Å². The average molecular weight is 522 g/mol. The lowest BCUT2D eigenvalue weighted by molar-refractivity contribution is -0.121. The van der Waals surface area contributed by atoms with Crippen LogP contribution in [0, 0.1) is 13.8 Å². The van der Waals surface area contributed by atoms with Gasteiger partial charge in [0.25, 0.3) is 5.91 Å². The summed E-state index contributed by atoms with van der Waals surface area (Å²) in [6.45, 7) is 7.31. The molecule has 5 nitrogen and oxygen atoms in total. The van der Waals surface area contributed by atoms with Crippen LogP contribution in [0.4, 0.5) is 0 Å².